The maximum atomic E-state index is 14.6. The molecule has 0 saturated carbocycles. The number of carbonyl (C=O) groups is 2. The number of anilines is 1. The minimum atomic E-state index is -0.886. The number of likely N-dealkylation sites (tertiary alicyclic amines) is 1. The van der Waals surface area contributed by atoms with Gasteiger partial charge in [0.2, 0.25) is 5.91 Å². The number of halogens is 2. The van der Waals surface area contributed by atoms with E-state index in [1.165, 1.54) is 12.3 Å². The zero-order valence-electron chi connectivity index (χ0n) is 19.4. The third kappa shape index (κ3) is 4.83. The number of aromatic nitrogens is 2. The van der Waals surface area contributed by atoms with E-state index in [1.54, 1.807) is 29.5 Å². The van der Waals surface area contributed by atoms with E-state index < -0.39 is 23.0 Å². The predicted octanol–water partition coefficient (Wildman–Crippen LogP) is 3.52. The Morgan fingerprint density at radius 3 is 2.61 bits per heavy atom. The van der Waals surface area contributed by atoms with Crippen LogP contribution in [0.2, 0.25) is 5.02 Å². The number of imidazole rings is 1. The number of benzene rings is 1. The van der Waals surface area contributed by atoms with Crippen molar-refractivity contribution in [3.05, 3.63) is 52.8 Å². The highest BCUT2D eigenvalue weighted by Crippen LogP contribution is 2.41. The molecule has 1 aliphatic heterocycles. The normalized spacial score (nSPS) is 15.1. The second kappa shape index (κ2) is 9.05. The van der Waals surface area contributed by atoms with Crippen LogP contribution in [0.25, 0.3) is 0 Å². The van der Waals surface area contributed by atoms with Crippen molar-refractivity contribution >= 4 is 29.1 Å². The van der Waals surface area contributed by atoms with Gasteiger partial charge in [0.25, 0.3) is 5.91 Å². The topological polar surface area (TPSA) is 99.5 Å². The molecular formula is C23H29ClFN5O3. The van der Waals surface area contributed by atoms with Crippen LogP contribution in [0.3, 0.4) is 0 Å². The summed E-state index contributed by atoms with van der Waals surface area (Å²) < 4.78 is 16.2. The zero-order chi connectivity index (χ0) is 24.7. The van der Waals surface area contributed by atoms with Crippen LogP contribution in [0.5, 0.6) is 5.75 Å². The molecule has 2 heterocycles. The molecule has 33 heavy (non-hydrogen) atoms. The third-order valence-electron chi connectivity index (χ3n) is 5.71. The average molecular weight is 478 g/mol. The van der Waals surface area contributed by atoms with Gasteiger partial charge in [-0.25, -0.2) is 9.37 Å². The molecule has 1 aromatic heterocycles. The summed E-state index contributed by atoms with van der Waals surface area (Å²) in [6, 6.07) is 1.03. The molecule has 0 aliphatic carbocycles. The molecule has 0 spiro atoms. The number of hydrogen-bond donors (Lipinski definition) is 3. The summed E-state index contributed by atoms with van der Waals surface area (Å²) in [5.74, 6) is -1.42. The van der Waals surface area contributed by atoms with Crippen molar-refractivity contribution in [2.75, 3.05) is 18.4 Å². The maximum Gasteiger partial charge on any atom is 0.269 e. The summed E-state index contributed by atoms with van der Waals surface area (Å²) in [5, 5.41) is 16.1. The van der Waals surface area contributed by atoms with Gasteiger partial charge in [-0.15, -0.1) is 0 Å². The molecule has 10 heteroatoms. The van der Waals surface area contributed by atoms with Crippen molar-refractivity contribution in [2.24, 2.45) is 7.05 Å². The Labute approximate surface area is 197 Å². The fraction of sp³-hybridized carbons (Fsp3) is 0.435. The number of amides is 2. The van der Waals surface area contributed by atoms with Crippen molar-refractivity contribution in [1.29, 1.82) is 0 Å². The van der Waals surface area contributed by atoms with E-state index in [2.05, 4.69) is 22.2 Å². The molecule has 0 radical (unpaired) electrons. The first kappa shape index (κ1) is 24.6. The Bertz CT molecular complexity index is 1100. The Hall–Kier alpha value is -3.07. The van der Waals surface area contributed by atoms with Gasteiger partial charge < -0.3 is 25.2 Å². The number of phenols is 1. The van der Waals surface area contributed by atoms with E-state index in [9.17, 15) is 19.1 Å². The van der Waals surface area contributed by atoms with Crippen LogP contribution in [-0.2, 0) is 17.3 Å². The molecule has 0 bridgehead atoms. The number of carbonyl (C=O) groups excluding carboxylic acids is 2. The largest absolute Gasteiger partial charge is 0.503 e. The second-order valence-corrected chi connectivity index (χ2v) is 9.62. The van der Waals surface area contributed by atoms with Crippen molar-refractivity contribution in [1.82, 2.24) is 19.8 Å². The molecule has 1 fully saturated rings. The molecule has 1 saturated heterocycles. The third-order valence-corrected chi connectivity index (χ3v) is 6.08. The summed E-state index contributed by atoms with van der Waals surface area (Å²) in [5.41, 5.74) is 0.644. The van der Waals surface area contributed by atoms with Crippen molar-refractivity contribution < 1.29 is 19.1 Å². The van der Waals surface area contributed by atoms with E-state index in [0.717, 1.165) is 0 Å². The van der Waals surface area contributed by atoms with Crippen molar-refractivity contribution in [3.63, 3.8) is 0 Å². The van der Waals surface area contributed by atoms with Crippen LogP contribution < -0.4 is 10.6 Å². The van der Waals surface area contributed by atoms with Gasteiger partial charge in [-0.3, -0.25) is 9.59 Å². The van der Waals surface area contributed by atoms with Gasteiger partial charge >= 0.3 is 0 Å². The van der Waals surface area contributed by atoms with Crippen molar-refractivity contribution in [2.45, 2.75) is 45.2 Å². The van der Waals surface area contributed by atoms with Gasteiger partial charge in [-0.2, -0.15) is 0 Å². The molecule has 178 valence electrons. The van der Waals surface area contributed by atoms with E-state index in [1.807, 2.05) is 20.8 Å². The summed E-state index contributed by atoms with van der Waals surface area (Å²) in [6.07, 6.45) is 2.70. The highest BCUT2D eigenvalue weighted by Gasteiger charge is 2.31. The minimum Gasteiger partial charge on any atom is -0.503 e. The first-order valence-electron chi connectivity index (χ1n) is 10.6. The summed E-state index contributed by atoms with van der Waals surface area (Å²) in [6.45, 7) is 11.8. The SMILES string of the molecule is C=CC(=O)N1CC(NC(=O)c2cnc(C(C)Nc3cc(C(C)(C)C)c(Cl)c(F)c3O)n2C)C1. The zero-order valence-corrected chi connectivity index (χ0v) is 20.1. The van der Waals surface area contributed by atoms with Gasteiger partial charge in [0.15, 0.2) is 11.6 Å². The van der Waals surface area contributed by atoms with Crippen LogP contribution in [0.1, 0.15) is 55.6 Å². The average Bonchev–Trinajstić information content (AvgIpc) is 3.10. The maximum absolute atomic E-state index is 14.6. The highest BCUT2D eigenvalue weighted by molar-refractivity contribution is 6.32. The Morgan fingerprint density at radius 1 is 1.39 bits per heavy atom. The fourth-order valence-corrected chi connectivity index (χ4v) is 4.17. The lowest BCUT2D eigenvalue weighted by molar-refractivity contribution is -0.130. The van der Waals surface area contributed by atoms with Gasteiger partial charge in [0.1, 0.15) is 11.5 Å². The van der Waals surface area contributed by atoms with Gasteiger partial charge in [-0.05, 0) is 30.0 Å². The van der Waals surface area contributed by atoms with Gasteiger partial charge in [0.05, 0.1) is 29.0 Å². The minimum absolute atomic E-state index is 0.112. The summed E-state index contributed by atoms with van der Waals surface area (Å²) in [4.78, 5) is 30.2. The lowest BCUT2D eigenvalue weighted by atomic mass is 9.86. The molecule has 3 rings (SSSR count). The smallest absolute Gasteiger partial charge is 0.269 e. The Balaban J connectivity index is 1.74. The molecular weight excluding hydrogens is 449 g/mol. The number of rotatable bonds is 6. The molecule has 2 amide bonds. The fourth-order valence-electron chi connectivity index (χ4n) is 3.75. The van der Waals surface area contributed by atoms with E-state index in [-0.39, 0.29) is 28.6 Å². The first-order chi connectivity index (χ1) is 15.3. The molecule has 1 unspecified atom stereocenters. The van der Waals surface area contributed by atoms with Crippen LogP contribution in [0.4, 0.5) is 10.1 Å². The molecule has 1 aliphatic rings. The molecule has 1 atom stereocenters. The highest BCUT2D eigenvalue weighted by atomic mass is 35.5. The number of aromatic hydroxyl groups is 1. The predicted molar refractivity (Wildman–Crippen MR) is 125 cm³/mol. The van der Waals surface area contributed by atoms with Crippen LogP contribution in [-0.4, -0.2) is 50.5 Å². The monoisotopic (exact) mass is 477 g/mol. The number of phenolic OH excluding ortho intramolecular Hbond substituents is 1. The van der Waals surface area contributed by atoms with Crippen LogP contribution >= 0.6 is 11.6 Å². The summed E-state index contributed by atoms with van der Waals surface area (Å²) in [7, 11) is 1.70. The van der Waals surface area contributed by atoms with Gasteiger partial charge in [0, 0.05) is 20.1 Å². The number of nitrogens with zero attached hydrogens (tertiary/aromatic N) is 3. The van der Waals surface area contributed by atoms with Gasteiger partial charge in [-0.1, -0.05) is 39.0 Å². The Morgan fingerprint density at radius 2 is 2.03 bits per heavy atom. The van der Waals surface area contributed by atoms with Crippen LogP contribution in [0.15, 0.2) is 24.9 Å². The Kier molecular flexibility index (Phi) is 6.74. The van der Waals surface area contributed by atoms with E-state index in [0.29, 0.717) is 30.2 Å². The van der Waals surface area contributed by atoms with E-state index in [4.69, 9.17) is 11.6 Å². The molecule has 3 N–H and O–H groups in total. The lowest BCUT2D eigenvalue weighted by Crippen LogP contribution is -2.60. The standard InChI is InChI=1S/C23H29ClFN5O3/c1-7-17(31)30-10-13(11-30)28-22(33)16-9-26-21(29(16)6)12(2)27-15-8-14(23(3,4)5)18(24)19(25)20(15)32/h7-9,12-13,27,32H,1,10-11H2,2-6H3,(H,28,33). The first-order valence-corrected chi connectivity index (χ1v) is 10.9. The molecule has 2 aromatic rings. The number of nitrogens with one attached hydrogen (secondary N) is 2. The van der Waals surface area contributed by atoms with Crippen LogP contribution in [0, 0.1) is 5.82 Å². The quantitative estimate of drug-likeness (QED) is 0.436. The second-order valence-electron chi connectivity index (χ2n) is 9.24. The molecule has 8 nitrogen and oxygen atoms in total. The lowest BCUT2D eigenvalue weighted by Gasteiger charge is -2.38. The van der Waals surface area contributed by atoms with E-state index >= 15 is 0 Å². The molecule has 1 aromatic carbocycles. The van der Waals surface area contributed by atoms with Crippen molar-refractivity contribution in [3.8, 4) is 5.75 Å². The summed E-state index contributed by atoms with van der Waals surface area (Å²) >= 11 is 6.11. The number of hydrogen-bond acceptors (Lipinski definition) is 5.